The molecule has 3 atom stereocenters. The molecule has 0 amide bonds. The number of fused-ring (bicyclic) bond motifs is 3. The molecule has 3 saturated heterocycles. The Morgan fingerprint density at radius 1 is 0.980 bits per heavy atom. The number of benzene rings is 2. The molecule has 2 unspecified atom stereocenters. The van der Waals surface area contributed by atoms with Crippen LogP contribution in [-0.4, -0.2) is 57.3 Å². The average molecular weight is 741 g/mol. The van der Waals surface area contributed by atoms with Gasteiger partial charge in [0.05, 0.1) is 20.8 Å². The minimum atomic E-state index is -0.836. The van der Waals surface area contributed by atoms with Gasteiger partial charge in [-0.3, -0.25) is 5.32 Å². The van der Waals surface area contributed by atoms with E-state index in [-0.39, 0.29) is 22.4 Å². The lowest BCUT2D eigenvalue weighted by atomic mass is 9.79. The number of aromatic nitrogens is 1. The fourth-order valence-electron chi connectivity index (χ4n) is 6.70. The number of nitrogens with one attached hydrogen (secondary N) is 1. The van der Waals surface area contributed by atoms with Crippen LogP contribution in [0, 0.1) is 17.0 Å². The van der Waals surface area contributed by atoms with Crippen LogP contribution in [0.15, 0.2) is 73.1 Å². The Balaban J connectivity index is 1.15. The molecule has 1 N–H and O–H groups in total. The van der Waals surface area contributed by atoms with Gasteiger partial charge in [0.2, 0.25) is 0 Å². The number of halogens is 2. The van der Waals surface area contributed by atoms with Gasteiger partial charge in [-0.1, -0.05) is 59.6 Å². The highest BCUT2D eigenvalue weighted by Crippen LogP contribution is 2.36. The first kappa shape index (κ1) is 35.9. The standard InChI is InChI=1S/C37H39Cl2N3O7S/c1-46-31-10-8-25(16-33(31)47-2)32(17-28-29(38)20-42(45)21-30(28)39)49-36(43)34-11-9-27(50-34)18-40-35(24-6-4-3-5-7-24)37(44)48-22-26-19-41-14-12-23(26)13-15-41/h3-11,16,20-21,23,26,32,35,40H,12-15,17-19,22H2,1-2H3/t26-,32?,35?/m0/s1. The molecule has 2 aromatic heterocycles. The van der Waals surface area contributed by atoms with E-state index in [0.29, 0.717) is 57.2 Å². The van der Waals surface area contributed by atoms with Gasteiger partial charge < -0.3 is 29.1 Å². The Bertz CT molecular complexity index is 1780. The molecule has 10 nitrogen and oxygen atoms in total. The zero-order valence-corrected chi connectivity index (χ0v) is 30.1. The minimum absolute atomic E-state index is 0.0972. The van der Waals surface area contributed by atoms with Crippen LogP contribution < -0.4 is 19.5 Å². The number of carbonyl (C=O) groups excluding carboxylic acids is 2. The van der Waals surface area contributed by atoms with Crippen molar-refractivity contribution in [2.24, 2.45) is 11.8 Å². The Kier molecular flexibility index (Phi) is 11.8. The maximum absolute atomic E-state index is 13.6. The van der Waals surface area contributed by atoms with Gasteiger partial charge in [0, 0.05) is 35.9 Å². The van der Waals surface area contributed by atoms with E-state index in [4.69, 9.17) is 42.1 Å². The molecule has 0 saturated carbocycles. The highest BCUT2D eigenvalue weighted by molar-refractivity contribution is 7.13. The summed E-state index contributed by atoms with van der Waals surface area (Å²) in [4.78, 5) is 30.7. The number of thiophene rings is 1. The van der Waals surface area contributed by atoms with E-state index in [1.165, 1.54) is 38.0 Å². The van der Waals surface area contributed by atoms with E-state index in [9.17, 15) is 14.8 Å². The summed E-state index contributed by atoms with van der Waals surface area (Å²) in [5, 5.41) is 15.5. The number of carbonyl (C=O) groups is 2. The van der Waals surface area contributed by atoms with Crippen molar-refractivity contribution in [1.82, 2.24) is 10.2 Å². The summed E-state index contributed by atoms with van der Waals surface area (Å²) in [6, 6.07) is 17.6. The van der Waals surface area contributed by atoms with E-state index in [0.717, 1.165) is 42.9 Å². The lowest BCUT2D eigenvalue weighted by Crippen LogP contribution is -2.49. The largest absolute Gasteiger partial charge is 0.619 e. The number of methoxy groups -OCH3 is 2. The molecule has 0 radical (unpaired) electrons. The third-order valence-electron chi connectivity index (χ3n) is 9.42. The molecule has 264 valence electrons. The van der Waals surface area contributed by atoms with Crippen molar-refractivity contribution in [3.8, 4) is 11.5 Å². The number of piperidine rings is 3. The first-order valence-corrected chi connectivity index (χ1v) is 18.0. The van der Waals surface area contributed by atoms with Gasteiger partial charge in [0.25, 0.3) is 0 Å². The van der Waals surface area contributed by atoms with E-state index < -0.39 is 18.1 Å². The normalized spacial score (nSPS) is 19.4. The molecule has 2 aromatic carbocycles. The monoisotopic (exact) mass is 739 g/mol. The van der Waals surface area contributed by atoms with Crippen molar-refractivity contribution in [3.63, 3.8) is 0 Å². The van der Waals surface area contributed by atoms with Gasteiger partial charge in [-0.25, -0.2) is 9.59 Å². The molecule has 2 bridgehead atoms. The van der Waals surface area contributed by atoms with Crippen molar-refractivity contribution in [3.05, 3.63) is 115 Å². The second-order valence-corrected chi connectivity index (χ2v) is 14.5. The second kappa shape index (κ2) is 16.4. The summed E-state index contributed by atoms with van der Waals surface area (Å²) < 4.78 is 23.4. The molecule has 3 fully saturated rings. The van der Waals surface area contributed by atoms with E-state index in [1.54, 1.807) is 24.3 Å². The van der Waals surface area contributed by atoms with E-state index >= 15 is 0 Å². The predicted octanol–water partition coefficient (Wildman–Crippen LogP) is 6.56. The van der Waals surface area contributed by atoms with Crippen molar-refractivity contribution < 1.29 is 33.3 Å². The maximum Gasteiger partial charge on any atom is 0.348 e. The van der Waals surface area contributed by atoms with Crippen LogP contribution in [-0.2, 0) is 27.2 Å². The smallest absolute Gasteiger partial charge is 0.348 e. The van der Waals surface area contributed by atoms with Crippen LogP contribution in [0.3, 0.4) is 0 Å². The number of ether oxygens (including phenoxy) is 4. The zero-order chi connectivity index (χ0) is 35.2. The van der Waals surface area contributed by atoms with Gasteiger partial charge in [0.15, 0.2) is 23.9 Å². The third-order valence-corrected chi connectivity index (χ3v) is 11.1. The third kappa shape index (κ3) is 8.52. The number of hydrogen-bond acceptors (Lipinski definition) is 10. The maximum atomic E-state index is 13.6. The van der Waals surface area contributed by atoms with Crippen LogP contribution >= 0.6 is 34.5 Å². The number of nitrogens with zero attached hydrogens (tertiary/aromatic N) is 2. The van der Waals surface area contributed by atoms with Crippen molar-refractivity contribution >= 4 is 46.5 Å². The summed E-state index contributed by atoms with van der Waals surface area (Å²) in [5.41, 5.74) is 1.88. The predicted molar refractivity (Wildman–Crippen MR) is 191 cm³/mol. The van der Waals surface area contributed by atoms with Gasteiger partial charge in [0.1, 0.15) is 27.1 Å². The molecular formula is C37H39Cl2N3O7S. The first-order chi connectivity index (χ1) is 24.2. The topological polar surface area (TPSA) is 113 Å². The Labute approximate surface area is 305 Å². The first-order valence-electron chi connectivity index (χ1n) is 16.5. The van der Waals surface area contributed by atoms with E-state index in [1.807, 2.05) is 36.4 Å². The van der Waals surface area contributed by atoms with Crippen LogP contribution in [0.2, 0.25) is 10.0 Å². The number of hydrogen-bond donors (Lipinski definition) is 1. The average Bonchev–Trinajstić information content (AvgIpc) is 3.61. The quantitative estimate of drug-likeness (QED) is 0.0873. The summed E-state index contributed by atoms with van der Waals surface area (Å²) >= 11 is 14.1. The van der Waals surface area contributed by atoms with E-state index in [2.05, 4.69) is 10.2 Å². The van der Waals surface area contributed by atoms with Crippen LogP contribution in [0.1, 0.15) is 56.2 Å². The Morgan fingerprint density at radius 3 is 2.36 bits per heavy atom. The number of rotatable bonds is 14. The lowest BCUT2D eigenvalue weighted by Gasteiger charge is -2.44. The molecule has 13 heteroatoms. The molecule has 0 aliphatic carbocycles. The summed E-state index contributed by atoms with van der Waals surface area (Å²) in [6.45, 7) is 3.99. The molecule has 5 heterocycles. The highest BCUT2D eigenvalue weighted by atomic mass is 35.5. The Hall–Kier alpha value is -3.87. The number of esters is 2. The molecule has 50 heavy (non-hydrogen) atoms. The minimum Gasteiger partial charge on any atom is -0.619 e. The zero-order valence-electron chi connectivity index (χ0n) is 27.8. The van der Waals surface area contributed by atoms with Crippen LogP contribution in [0.4, 0.5) is 0 Å². The van der Waals surface area contributed by atoms with Crippen molar-refractivity contribution in [2.75, 3.05) is 40.5 Å². The fraction of sp³-hybridized carbons (Fsp3) is 0.378. The van der Waals surface area contributed by atoms with Gasteiger partial charge in [-0.05, 0) is 67.2 Å². The summed E-state index contributed by atoms with van der Waals surface area (Å²) in [7, 11) is 3.05. The van der Waals surface area contributed by atoms with Crippen LogP contribution in [0.5, 0.6) is 11.5 Å². The fourth-order valence-corrected chi connectivity index (χ4v) is 8.14. The van der Waals surface area contributed by atoms with Gasteiger partial charge >= 0.3 is 11.9 Å². The van der Waals surface area contributed by atoms with Gasteiger partial charge in [-0.2, -0.15) is 4.73 Å². The summed E-state index contributed by atoms with van der Waals surface area (Å²) in [6.07, 6.45) is 3.99. The molecule has 0 spiro atoms. The molecule has 4 aromatic rings. The molecule has 3 aliphatic heterocycles. The summed E-state index contributed by atoms with van der Waals surface area (Å²) in [5.74, 6) is 1.06. The molecule has 7 rings (SSSR count). The number of pyridine rings is 1. The van der Waals surface area contributed by atoms with Crippen LogP contribution in [0.25, 0.3) is 0 Å². The van der Waals surface area contributed by atoms with Crippen molar-refractivity contribution in [1.29, 1.82) is 0 Å². The Morgan fingerprint density at radius 2 is 1.70 bits per heavy atom. The van der Waals surface area contributed by atoms with Crippen molar-refractivity contribution in [2.45, 2.75) is 38.0 Å². The molecular weight excluding hydrogens is 701 g/mol. The molecule has 3 aliphatic rings. The second-order valence-electron chi connectivity index (χ2n) is 12.5. The highest BCUT2D eigenvalue weighted by Gasteiger charge is 2.35. The van der Waals surface area contributed by atoms with Gasteiger partial charge in [-0.15, -0.1) is 11.3 Å². The SMILES string of the molecule is COc1ccc(C(Cc2c(Cl)c[n+]([O-])cc2Cl)OC(=O)c2ccc(CNC(C(=O)OC[C@@H]3CN4CCC3CC4)c3ccccc3)s2)cc1OC. The lowest BCUT2D eigenvalue weighted by molar-refractivity contribution is -0.605.